The fraction of sp³-hybridized carbons (Fsp3) is 0.889. The van der Waals surface area contributed by atoms with Crippen molar-refractivity contribution in [3.8, 4) is 0 Å². The molecule has 2 N–H and O–H groups in total. The third-order valence-electron chi connectivity index (χ3n) is 6.21. The largest absolute Gasteiger partial charge is 0.442 e. The predicted molar refractivity (Wildman–Crippen MR) is 91.7 cm³/mol. The van der Waals surface area contributed by atoms with Crippen LogP contribution in [0.5, 0.6) is 0 Å². The molecule has 6 nitrogen and oxygen atoms in total. The van der Waals surface area contributed by atoms with Gasteiger partial charge in [0.15, 0.2) is 0 Å². The minimum Gasteiger partial charge on any atom is -0.442 e. The van der Waals surface area contributed by atoms with Crippen molar-refractivity contribution in [1.82, 2.24) is 10.6 Å². The molecule has 2 amide bonds. The van der Waals surface area contributed by atoms with Gasteiger partial charge in [-0.05, 0) is 31.1 Å². The summed E-state index contributed by atoms with van der Waals surface area (Å²) >= 11 is 0. The summed E-state index contributed by atoms with van der Waals surface area (Å²) < 4.78 is 11.5. The second-order valence-corrected chi connectivity index (χ2v) is 7.83. The maximum Gasteiger partial charge on any atom is 0.407 e. The fourth-order valence-corrected chi connectivity index (χ4v) is 4.34. The highest BCUT2D eigenvalue weighted by molar-refractivity contribution is 5.69. The van der Waals surface area contributed by atoms with Gasteiger partial charge in [-0.25, -0.2) is 9.59 Å². The molecule has 2 aliphatic carbocycles. The van der Waals surface area contributed by atoms with Crippen LogP contribution in [0.1, 0.15) is 60.3 Å². The molecule has 24 heavy (non-hydrogen) atoms. The van der Waals surface area contributed by atoms with Gasteiger partial charge in [0.1, 0.15) is 12.2 Å². The van der Waals surface area contributed by atoms with E-state index in [0.29, 0.717) is 13.1 Å². The van der Waals surface area contributed by atoms with E-state index in [1.165, 1.54) is 0 Å². The Bertz CT molecular complexity index is 480. The SMILES string of the molecule is CCCNC(=O)O[C@H]1[C@@H](OC(=O)NCCC)[C@@]2(C)CC[C@@H]1C2(C)C. The zero-order valence-corrected chi connectivity index (χ0v) is 15.6. The zero-order valence-electron chi connectivity index (χ0n) is 15.6. The Balaban J connectivity index is 2.13. The summed E-state index contributed by atoms with van der Waals surface area (Å²) in [5, 5.41) is 5.50. The van der Waals surface area contributed by atoms with Gasteiger partial charge in [0, 0.05) is 24.4 Å². The van der Waals surface area contributed by atoms with E-state index >= 15 is 0 Å². The van der Waals surface area contributed by atoms with E-state index in [9.17, 15) is 9.59 Å². The topological polar surface area (TPSA) is 76.7 Å². The molecule has 2 saturated carbocycles. The number of amides is 2. The maximum absolute atomic E-state index is 12.1. The van der Waals surface area contributed by atoms with Crippen molar-refractivity contribution in [2.24, 2.45) is 16.7 Å². The van der Waals surface area contributed by atoms with Gasteiger partial charge in [0.05, 0.1) is 0 Å². The molecule has 0 heterocycles. The summed E-state index contributed by atoms with van der Waals surface area (Å²) in [4.78, 5) is 24.2. The van der Waals surface area contributed by atoms with E-state index in [4.69, 9.17) is 9.47 Å². The Morgan fingerprint density at radius 1 is 1.00 bits per heavy atom. The molecular formula is C18H32N2O4. The van der Waals surface area contributed by atoms with Gasteiger partial charge < -0.3 is 20.1 Å². The molecular weight excluding hydrogens is 308 g/mol. The standard InChI is InChI=1S/C18H32N2O4/c1-6-10-19-15(21)23-13-12-8-9-18(5,17(12,3)4)14(13)24-16(22)20-11-7-2/h12-14H,6-11H2,1-5H3,(H,19,21)(H,20,22)/t12-,13+,14+,18+/m0/s1. The van der Waals surface area contributed by atoms with Crippen LogP contribution < -0.4 is 10.6 Å². The van der Waals surface area contributed by atoms with Gasteiger partial charge in [0.2, 0.25) is 0 Å². The molecule has 2 rings (SSSR count). The number of ether oxygens (including phenoxy) is 2. The molecule has 2 aliphatic rings. The number of carbonyl (C=O) groups excluding carboxylic acids is 2. The highest BCUT2D eigenvalue weighted by atomic mass is 16.6. The number of alkyl carbamates (subject to hydrolysis) is 2. The molecule has 0 aromatic rings. The molecule has 0 aromatic carbocycles. The molecule has 0 unspecified atom stereocenters. The van der Waals surface area contributed by atoms with Crippen LogP contribution in [0, 0.1) is 16.7 Å². The molecule has 0 aromatic heterocycles. The van der Waals surface area contributed by atoms with Gasteiger partial charge >= 0.3 is 12.2 Å². The normalized spacial score (nSPS) is 33.1. The Hall–Kier alpha value is -1.46. The van der Waals surface area contributed by atoms with Crippen LogP contribution >= 0.6 is 0 Å². The lowest BCUT2D eigenvalue weighted by Crippen LogP contribution is -2.47. The van der Waals surface area contributed by atoms with Crippen LogP contribution in [0.25, 0.3) is 0 Å². The molecule has 4 atom stereocenters. The van der Waals surface area contributed by atoms with E-state index in [1.807, 2.05) is 13.8 Å². The van der Waals surface area contributed by atoms with Crippen LogP contribution in [0.3, 0.4) is 0 Å². The van der Waals surface area contributed by atoms with Crippen molar-refractivity contribution >= 4 is 12.2 Å². The predicted octanol–water partition coefficient (Wildman–Crippen LogP) is 3.45. The third-order valence-corrected chi connectivity index (χ3v) is 6.21. The van der Waals surface area contributed by atoms with Crippen molar-refractivity contribution in [2.75, 3.05) is 13.1 Å². The second-order valence-electron chi connectivity index (χ2n) is 7.83. The molecule has 0 radical (unpaired) electrons. The summed E-state index contributed by atoms with van der Waals surface area (Å²) in [6.07, 6.45) is 2.04. The number of hydrogen-bond acceptors (Lipinski definition) is 4. The van der Waals surface area contributed by atoms with Crippen LogP contribution in [0.15, 0.2) is 0 Å². The Morgan fingerprint density at radius 2 is 1.54 bits per heavy atom. The van der Waals surface area contributed by atoms with E-state index < -0.39 is 18.3 Å². The molecule has 138 valence electrons. The van der Waals surface area contributed by atoms with Crippen LogP contribution in [0.2, 0.25) is 0 Å². The van der Waals surface area contributed by atoms with Crippen LogP contribution in [-0.2, 0) is 9.47 Å². The van der Waals surface area contributed by atoms with Gasteiger partial charge in [-0.3, -0.25) is 0 Å². The minimum absolute atomic E-state index is 0.0432. The van der Waals surface area contributed by atoms with Crippen molar-refractivity contribution in [3.63, 3.8) is 0 Å². The molecule has 0 aliphatic heterocycles. The first-order valence-corrected chi connectivity index (χ1v) is 9.17. The van der Waals surface area contributed by atoms with Crippen molar-refractivity contribution in [1.29, 1.82) is 0 Å². The van der Waals surface area contributed by atoms with E-state index in [0.717, 1.165) is 25.7 Å². The molecule has 0 spiro atoms. The summed E-state index contributed by atoms with van der Waals surface area (Å²) in [6, 6.07) is 0. The van der Waals surface area contributed by atoms with E-state index in [2.05, 4.69) is 31.4 Å². The number of fused-ring (bicyclic) bond motifs is 2. The van der Waals surface area contributed by atoms with Crippen molar-refractivity contribution in [2.45, 2.75) is 72.5 Å². The summed E-state index contributed by atoms with van der Waals surface area (Å²) in [5.41, 5.74) is -0.227. The van der Waals surface area contributed by atoms with Crippen molar-refractivity contribution < 1.29 is 19.1 Å². The number of hydrogen-bond donors (Lipinski definition) is 2. The molecule has 2 fully saturated rings. The lowest BCUT2D eigenvalue weighted by atomic mass is 9.70. The van der Waals surface area contributed by atoms with Gasteiger partial charge in [-0.1, -0.05) is 34.6 Å². The average molecular weight is 340 g/mol. The monoisotopic (exact) mass is 340 g/mol. The molecule has 0 saturated heterocycles. The number of carbonyl (C=O) groups is 2. The zero-order chi connectivity index (χ0) is 18.0. The Morgan fingerprint density at radius 3 is 2.08 bits per heavy atom. The number of rotatable bonds is 6. The summed E-state index contributed by atoms with van der Waals surface area (Å²) in [6.45, 7) is 11.7. The molecule has 6 heteroatoms. The third kappa shape index (κ3) is 3.20. The first-order valence-electron chi connectivity index (χ1n) is 9.17. The van der Waals surface area contributed by atoms with Crippen LogP contribution in [-0.4, -0.2) is 37.5 Å². The molecule has 2 bridgehead atoms. The lowest BCUT2D eigenvalue weighted by Gasteiger charge is -2.38. The van der Waals surface area contributed by atoms with Gasteiger partial charge in [-0.15, -0.1) is 0 Å². The summed E-state index contributed by atoms with van der Waals surface area (Å²) in [5.74, 6) is 0.207. The van der Waals surface area contributed by atoms with Crippen molar-refractivity contribution in [3.05, 3.63) is 0 Å². The Kier molecular flexibility index (Phi) is 5.66. The summed E-state index contributed by atoms with van der Waals surface area (Å²) in [7, 11) is 0. The van der Waals surface area contributed by atoms with E-state index in [1.54, 1.807) is 0 Å². The Labute approximate surface area is 145 Å². The van der Waals surface area contributed by atoms with Crippen LogP contribution in [0.4, 0.5) is 9.59 Å². The maximum atomic E-state index is 12.1. The minimum atomic E-state index is -0.422. The van der Waals surface area contributed by atoms with Gasteiger partial charge in [-0.2, -0.15) is 0 Å². The fourth-order valence-electron chi connectivity index (χ4n) is 4.34. The van der Waals surface area contributed by atoms with Gasteiger partial charge in [0.25, 0.3) is 0 Å². The highest BCUT2D eigenvalue weighted by Crippen LogP contribution is 2.66. The second kappa shape index (κ2) is 7.19. The highest BCUT2D eigenvalue weighted by Gasteiger charge is 2.69. The quantitative estimate of drug-likeness (QED) is 0.776. The number of nitrogens with one attached hydrogen (secondary N) is 2. The first-order chi connectivity index (χ1) is 11.3. The average Bonchev–Trinajstić information content (AvgIpc) is 2.84. The first kappa shape index (κ1) is 18.9. The smallest absolute Gasteiger partial charge is 0.407 e. The van der Waals surface area contributed by atoms with E-state index in [-0.39, 0.29) is 22.9 Å². The lowest BCUT2D eigenvalue weighted by molar-refractivity contribution is -0.0641.